The summed E-state index contributed by atoms with van der Waals surface area (Å²) in [6, 6.07) is 16.0. The fourth-order valence-electron chi connectivity index (χ4n) is 2.56. The molecule has 8 nitrogen and oxygen atoms in total. The molecule has 3 aromatic rings. The predicted molar refractivity (Wildman–Crippen MR) is 117 cm³/mol. The molecule has 31 heavy (non-hydrogen) atoms. The summed E-state index contributed by atoms with van der Waals surface area (Å²) < 4.78 is 19.9. The maximum absolute atomic E-state index is 14.4. The molecule has 0 spiro atoms. The molecule has 0 saturated heterocycles. The van der Waals surface area contributed by atoms with Gasteiger partial charge in [-0.2, -0.15) is 0 Å². The van der Waals surface area contributed by atoms with Gasteiger partial charge in [0.25, 0.3) is 0 Å². The molecule has 0 radical (unpaired) electrons. The molecule has 0 aliphatic carbocycles. The topological polar surface area (TPSA) is 113 Å². The second-order valence-corrected chi connectivity index (χ2v) is 6.63. The summed E-state index contributed by atoms with van der Waals surface area (Å²) in [7, 11) is 0. The highest BCUT2D eigenvalue weighted by molar-refractivity contribution is 7.80. The van der Waals surface area contributed by atoms with Crippen LogP contribution in [0.5, 0.6) is 11.5 Å². The minimum atomic E-state index is -1.28. The highest BCUT2D eigenvalue weighted by atomic mass is 32.1. The third-order valence-corrected chi connectivity index (χ3v) is 4.05. The van der Waals surface area contributed by atoms with Crippen LogP contribution in [0.3, 0.4) is 0 Å². The van der Waals surface area contributed by atoms with Crippen LogP contribution in [0.15, 0.2) is 66.9 Å². The summed E-state index contributed by atoms with van der Waals surface area (Å²) in [5, 5.41) is 16.1. The number of hydrogen-bond acceptors (Lipinski definition) is 5. The number of benzene rings is 2. The van der Waals surface area contributed by atoms with Crippen molar-refractivity contribution in [3.8, 4) is 11.5 Å². The second-order valence-electron chi connectivity index (χ2n) is 6.22. The van der Waals surface area contributed by atoms with Crippen molar-refractivity contribution in [2.45, 2.75) is 6.42 Å². The van der Waals surface area contributed by atoms with E-state index < -0.39 is 11.9 Å². The highest BCUT2D eigenvalue weighted by Gasteiger charge is 2.10. The number of rotatable bonds is 6. The van der Waals surface area contributed by atoms with Gasteiger partial charge in [0.2, 0.25) is 5.91 Å². The fourth-order valence-corrected chi connectivity index (χ4v) is 2.79. The molecular formula is C21H17FN4O4S. The molecule has 0 atom stereocenters. The van der Waals surface area contributed by atoms with Crippen LogP contribution in [-0.2, 0) is 11.2 Å². The molecule has 0 bridgehead atoms. The van der Waals surface area contributed by atoms with Crippen molar-refractivity contribution in [2.24, 2.45) is 0 Å². The summed E-state index contributed by atoms with van der Waals surface area (Å²) in [6.07, 6.45) is 0.206. The zero-order chi connectivity index (χ0) is 22.2. The number of hydrogen-bond donors (Lipinski definition) is 4. The normalized spacial score (nSPS) is 10.1. The predicted octanol–water partition coefficient (Wildman–Crippen LogP) is 4.16. The molecule has 0 aliphatic heterocycles. The maximum atomic E-state index is 14.4. The fraction of sp³-hybridized carbons (Fsp3) is 0.0476. The van der Waals surface area contributed by atoms with Gasteiger partial charge in [0.1, 0.15) is 11.6 Å². The SMILES string of the molecule is O=C(O)Nc1cc(Oc2ccc(NC(=S)NC(=O)Cc3ccccc3)cc2F)ccn1. The van der Waals surface area contributed by atoms with Gasteiger partial charge in [-0.3, -0.25) is 10.1 Å². The van der Waals surface area contributed by atoms with Gasteiger partial charge in [0.05, 0.1) is 6.42 Å². The lowest BCUT2D eigenvalue weighted by atomic mass is 10.1. The molecule has 0 saturated carbocycles. The van der Waals surface area contributed by atoms with E-state index in [1.807, 2.05) is 30.3 Å². The van der Waals surface area contributed by atoms with E-state index in [1.165, 1.54) is 30.5 Å². The van der Waals surface area contributed by atoms with Crippen LogP contribution in [0.1, 0.15) is 5.56 Å². The number of thiocarbonyl (C=S) groups is 1. The number of aromatic nitrogens is 1. The van der Waals surface area contributed by atoms with Crippen LogP contribution in [0.25, 0.3) is 0 Å². The summed E-state index contributed by atoms with van der Waals surface area (Å²) in [5.74, 6) is -0.833. The van der Waals surface area contributed by atoms with Crippen LogP contribution < -0.4 is 20.7 Å². The van der Waals surface area contributed by atoms with E-state index in [2.05, 4.69) is 20.9 Å². The van der Waals surface area contributed by atoms with Crippen molar-refractivity contribution < 1.29 is 23.8 Å². The molecule has 3 rings (SSSR count). The maximum Gasteiger partial charge on any atom is 0.410 e. The molecule has 2 amide bonds. The summed E-state index contributed by atoms with van der Waals surface area (Å²) in [5.41, 5.74) is 1.16. The Morgan fingerprint density at radius 2 is 1.84 bits per heavy atom. The zero-order valence-electron chi connectivity index (χ0n) is 16.0. The van der Waals surface area contributed by atoms with Gasteiger partial charge in [-0.25, -0.2) is 14.2 Å². The molecule has 10 heteroatoms. The first-order valence-electron chi connectivity index (χ1n) is 8.97. The van der Waals surface area contributed by atoms with Crippen molar-refractivity contribution in [3.63, 3.8) is 0 Å². The lowest BCUT2D eigenvalue weighted by Gasteiger charge is -2.12. The van der Waals surface area contributed by atoms with Crippen LogP contribution in [0.4, 0.5) is 20.7 Å². The largest absolute Gasteiger partial charge is 0.465 e. The van der Waals surface area contributed by atoms with Crippen molar-refractivity contribution >= 4 is 40.8 Å². The molecule has 1 heterocycles. The number of amides is 2. The van der Waals surface area contributed by atoms with E-state index in [4.69, 9.17) is 22.1 Å². The molecular weight excluding hydrogens is 423 g/mol. The Hall–Kier alpha value is -4.05. The van der Waals surface area contributed by atoms with Gasteiger partial charge in [-0.15, -0.1) is 0 Å². The Bertz CT molecular complexity index is 1110. The summed E-state index contributed by atoms with van der Waals surface area (Å²) in [6.45, 7) is 0. The smallest absolute Gasteiger partial charge is 0.410 e. The third-order valence-electron chi connectivity index (χ3n) is 3.84. The third kappa shape index (κ3) is 6.75. The highest BCUT2D eigenvalue weighted by Crippen LogP contribution is 2.27. The van der Waals surface area contributed by atoms with Crippen molar-refractivity contribution in [1.29, 1.82) is 0 Å². The number of nitrogens with zero attached hydrogens (tertiary/aromatic N) is 1. The number of ether oxygens (including phenoxy) is 1. The molecule has 0 aliphatic rings. The Labute approximate surface area is 182 Å². The molecule has 2 aromatic carbocycles. The lowest BCUT2D eigenvalue weighted by Crippen LogP contribution is -2.35. The Morgan fingerprint density at radius 1 is 1.06 bits per heavy atom. The van der Waals surface area contributed by atoms with Crippen molar-refractivity contribution in [2.75, 3.05) is 10.6 Å². The first-order valence-corrected chi connectivity index (χ1v) is 9.38. The van der Waals surface area contributed by atoms with Gasteiger partial charge in [-0.05, 0) is 36.0 Å². The van der Waals surface area contributed by atoms with E-state index in [9.17, 15) is 14.0 Å². The van der Waals surface area contributed by atoms with Gasteiger partial charge < -0.3 is 20.5 Å². The molecule has 4 N–H and O–H groups in total. The first kappa shape index (κ1) is 21.7. The Morgan fingerprint density at radius 3 is 2.55 bits per heavy atom. The van der Waals surface area contributed by atoms with E-state index in [1.54, 1.807) is 0 Å². The average molecular weight is 440 g/mol. The van der Waals surface area contributed by atoms with E-state index in [0.29, 0.717) is 5.69 Å². The number of halogens is 1. The van der Waals surface area contributed by atoms with Gasteiger partial charge >= 0.3 is 6.09 Å². The molecule has 1 aromatic heterocycles. The first-order chi connectivity index (χ1) is 14.9. The Kier molecular flexibility index (Phi) is 7.07. The van der Waals surface area contributed by atoms with E-state index in [0.717, 1.165) is 11.6 Å². The van der Waals surface area contributed by atoms with Crippen molar-refractivity contribution in [1.82, 2.24) is 10.3 Å². The number of carboxylic acid groups (broad SMARTS) is 1. The molecule has 158 valence electrons. The minimum absolute atomic E-state index is 0.0347. The standard InChI is InChI=1S/C21H17FN4O4S/c22-16-11-14(24-20(31)26-19(27)10-13-4-2-1-3-5-13)6-7-17(16)30-15-8-9-23-18(12-15)25-21(28)29/h1-9,11-12H,10H2,(H,23,25)(H,28,29)(H2,24,26,27,31). The van der Waals surface area contributed by atoms with Gasteiger partial charge in [-0.1, -0.05) is 30.3 Å². The number of nitrogens with one attached hydrogen (secondary N) is 3. The second kappa shape index (κ2) is 10.1. The van der Waals surface area contributed by atoms with Crippen LogP contribution in [0.2, 0.25) is 0 Å². The van der Waals surface area contributed by atoms with Gasteiger partial charge in [0.15, 0.2) is 16.7 Å². The minimum Gasteiger partial charge on any atom is -0.465 e. The summed E-state index contributed by atoms with van der Waals surface area (Å²) in [4.78, 5) is 26.5. The van der Waals surface area contributed by atoms with Crippen LogP contribution >= 0.6 is 12.2 Å². The number of pyridine rings is 1. The lowest BCUT2D eigenvalue weighted by molar-refractivity contribution is -0.119. The summed E-state index contributed by atoms with van der Waals surface area (Å²) >= 11 is 5.10. The average Bonchev–Trinajstić information content (AvgIpc) is 2.70. The van der Waals surface area contributed by atoms with Crippen molar-refractivity contribution in [3.05, 3.63) is 78.2 Å². The molecule has 0 unspecified atom stereocenters. The Balaban J connectivity index is 1.58. The number of carbonyl (C=O) groups excluding carboxylic acids is 1. The molecule has 0 fully saturated rings. The number of carbonyl (C=O) groups is 2. The van der Waals surface area contributed by atoms with Gasteiger partial charge in [0, 0.05) is 24.0 Å². The van der Waals surface area contributed by atoms with Crippen LogP contribution in [-0.4, -0.2) is 27.2 Å². The zero-order valence-corrected chi connectivity index (χ0v) is 16.8. The number of anilines is 2. The van der Waals surface area contributed by atoms with Crippen LogP contribution in [0, 0.1) is 5.82 Å². The quantitative estimate of drug-likeness (QED) is 0.426. The van der Waals surface area contributed by atoms with E-state index >= 15 is 0 Å². The monoisotopic (exact) mass is 440 g/mol. The van der Waals surface area contributed by atoms with E-state index in [-0.39, 0.29) is 34.8 Å².